The summed E-state index contributed by atoms with van der Waals surface area (Å²) in [6.07, 6.45) is 6.38. The van der Waals surface area contributed by atoms with Crippen molar-refractivity contribution in [3.8, 4) is 22.8 Å². The van der Waals surface area contributed by atoms with E-state index in [1.807, 2.05) is 19.3 Å². The van der Waals surface area contributed by atoms with E-state index in [-0.39, 0.29) is 6.04 Å². The molecule has 3 aromatic heterocycles. The van der Waals surface area contributed by atoms with E-state index < -0.39 is 0 Å². The maximum absolute atomic E-state index is 6.69. The van der Waals surface area contributed by atoms with Crippen LogP contribution in [-0.2, 0) is 18.3 Å². The molecule has 0 aliphatic carbocycles. The van der Waals surface area contributed by atoms with Gasteiger partial charge in [-0.3, -0.25) is 4.68 Å². The van der Waals surface area contributed by atoms with E-state index in [4.69, 9.17) is 47.4 Å². The van der Waals surface area contributed by atoms with E-state index in [0.717, 1.165) is 24.0 Å². The monoisotopic (exact) mass is 529 g/mol. The highest BCUT2D eigenvalue weighted by molar-refractivity contribution is 6.41. The number of ether oxygens (including phenoxy) is 3. The molecular formula is C24H25Cl2N7O3. The van der Waals surface area contributed by atoms with E-state index in [1.54, 1.807) is 23.1 Å². The molecule has 5 rings (SSSR count). The van der Waals surface area contributed by atoms with Crippen molar-refractivity contribution in [3.05, 3.63) is 46.3 Å². The molecule has 2 N–H and O–H groups in total. The van der Waals surface area contributed by atoms with Gasteiger partial charge < -0.3 is 24.8 Å². The summed E-state index contributed by atoms with van der Waals surface area (Å²) in [5.41, 5.74) is 2.66. The molecule has 0 amide bonds. The summed E-state index contributed by atoms with van der Waals surface area (Å²) in [6, 6.07) is 3.66. The maximum atomic E-state index is 6.69. The Kier molecular flexibility index (Phi) is 6.99. The van der Waals surface area contributed by atoms with Gasteiger partial charge in [-0.05, 0) is 12.5 Å². The second kappa shape index (κ2) is 10.3. The largest absolute Gasteiger partial charge is 0.495 e. The maximum Gasteiger partial charge on any atom is 0.223 e. The van der Waals surface area contributed by atoms with Crippen molar-refractivity contribution in [2.24, 2.45) is 7.05 Å². The molecule has 4 aromatic rings. The van der Waals surface area contributed by atoms with Crippen LogP contribution in [0.2, 0.25) is 10.0 Å². The first-order chi connectivity index (χ1) is 17.5. The predicted octanol–water partition coefficient (Wildman–Crippen LogP) is 4.56. The van der Waals surface area contributed by atoms with Crippen molar-refractivity contribution in [2.75, 3.05) is 38.1 Å². The number of aryl methyl sites for hydroxylation is 1. The average Bonchev–Trinajstić information content (AvgIpc) is 3.54. The number of hydrogen-bond acceptors (Lipinski definition) is 9. The Morgan fingerprint density at radius 2 is 1.89 bits per heavy atom. The number of methoxy groups -OCH3 is 2. The predicted molar refractivity (Wildman–Crippen MR) is 139 cm³/mol. The van der Waals surface area contributed by atoms with Gasteiger partial charge in [0, 0.05) is 55.2 Å². The smallest absolute Gasteiger partial charge is 0.223 e. The molecule has 0 radical (unpaired) electrons. The first kappa shape index (κ1) is 24.4. The summed E-state index contributed by atoms with van der Waals surface area (Å²) in [5, 5.41) is 12.4. The van der Waals surface area contributed by atoms with Crippen molar-refractivity contribution >= 4 is 45.9 Å². The topological polar surface area (TPSA) is 108 Å². The molecule has 10 nitrogen and oxygen atoms in total. The number of fused-ring (bicyclic) bond motifs is 1. The Morgan fingerprint density at radius 3 is 2.53 bits per heavy atom. The zero-order valence-electron chi connectivity index (χ0n) is 20.0. The van der Waals surface area contributed by atoms with Crippen LogP contribution < -0.4 is 20.1 Å². The summed E-state index contributed by atoms with van der Waals surface area (Å²) >= 11 is 13.4. The lowest BCUT2D eigenvalue weighted by atomic mass is 10.1. The molecule has 1 saturated heterocycles. The Balaban J connectivity index is 1.62. The Bertz CT molecular complexity index is 1380. The van der Waals surface area contributed by atoms with Gasteiger partial charge in [-0.1, -0.05) is 23.2 Å². The van der Waals surface area contributed by atoms with Gasteiger partial charge in [0.25, 0.3) is 0 Å². The minimum atomic E-state index is 0.170. The number of rotatable bonds is 8. The summed E-state index contributed by atoms with van der Waals surface area (Å²) in [4.78, 5) is 14.2. The van der Waals surface area contributed by atoms with E-state index >= 15 is 0 Å². The van der Waals surface area contributed by atoms with Crippen molar-refractivity contribution in [2.45, 2.75) is 19.0 Å². The standard InChI is InChI=1S/C24H25Cl2N7O3/c1-33-11-13(9-29-33)8-27-23-22-14(10-28-24(32-22)30-15-4-5-36-12-15)6-16(31-23)19-20(25)17(34-2)7-18(35-3)21(19)26/h6-7,9-11,15H,4-5,8,12H2,1-3H3,(H,27,31)(H,28,30,32). The van der Waals surface area contributed by atoms with Crippen LogP contribution in [0.1, 0.15) is 12.0 Å². The van der Waals surface area contributed by atoms with Crippen LogP contribution in [0.4, 0.5) is 11.8 Å². The van der Waals surface area contributed by atoms with E-state index in [0.29, 0.717) is 63.2 Å². The van der Waals surface area contributed by atoms with Crippen LogP contribution in [0.5, 0.6) is 11.5 Å². The molecule has 1 aliphatic heterocycles. The summed E-state index contributed by atoms with van der Waals surface area (Å²) < 4.78 is 18.1. The van der Waals surface area contributed by atoms with Crippen LogP contribution in [-0.4, -0.2) is 58.2 Å². The molecule has 1 aliphatic rings. The van der Waals surface area contributed by atoms with Crippen LogP contribution in [0.25, 0.3) is 22.2 Å². The second-order valence-electron chi connectivity index (χ2n) is 8.35. The zero-order valence-corrected chi connectivity index (χ0v) is 21.5. The van der Waals surface area contributed by atoms with Gasteiger partial charge in [-0.25, -0.2) is 15.0 Å². The molecule has 0 spiro atoms. The number of halogens is 2. The molecule has 12 heteroatoms. The van der Waals surface area contributed by atoms with Crippen molar-refractivity contribution in [1.29, 1.82) is 0 Å². The van der Waals surface area contributed by atoms with Crippen LogP contribution in [0.3, 0.4) is 0 Å². The average molecular weight is 530 g/mol. The molecule has 1 aromatic carbocycles. The molecule has 0 saturated carbocycles. The number of nitrogens with zero attached hydrogens (tertiary/aromatic N) is 5. The van der Waals surface area contributed by atoms with Gasteiger partial charge in [-0.15, -0.1) is 0 Å². The molecule has 1 fully saturated rings. The number of anilines is 2. The Hall–Kier alpha value is -3.34. The third-order valence-electron chi connectivity index (χ3n) is 5.88. The minimum Gasteiger partial charge on any atom is -0.495 e. The summed E-state index contributed by atoms with van der Waals surface area (Å²) in [5.74, 6) is 1.91. The Labute approximate surface area is 217 Å². The summed E-state index contributed by atoms with van der Waals surface area (Å²) in [7, 11) is 4.94. The molecule has 0 bridgehead atoms. The van der Waals surface area contributed by atoms with Gasteiger partial charge in [0.15, 0.2) is 5.82 Å². The number of nitrogens with one attached hydrogen (secondary N) is 2. The first-order valence-electron chi connectivity index (χ1n) is 11.3. The normalized spacial score (nSPS) is 15.3. The molecule has 4 heterocycles. The lowest BCUT2D eigenvalue weighted by Crippen LogP contribution is -2.20. The van der Waals surface area contributed by atoms with Crippen molar-refractivity contribution in [1.82, 2.24) is 24.7 Å². The van der Waals surface area contributed by atoms with Gasteiger partial charge in [0.1, 0.15) is 17.0 Å². The summed E-state index contributed by atoms with van der Waals surface area (Å²) in [6.45, 7) is 1.84. The fourth-order valence-electron chi connectivity index (χ4n) is 4.05. The van der Waals surface area contributed by atoms with Crippen LogP contribution >= 0.6 is 23.2 Å². The first-order valence-corrected chi connectivity index (χ1v) is 12.1. The van der Waals surface area contributed by atoms with Crippen LogP contribution in [0, 0.1) is 0 Å². The molecule has 1 unspecified atom stereocenters. The molecule has 188 valence electrons. The molecule has 36 heavy (non-hydrogen) atoms. The number of aromatic nitrogens is 5. The lowest BCUT2D eigenvalue weighted by Gasteiger charge is -2.17. The van der Waals surface area contributed by atoms with E-state index in [1.165, 1.54) is 14.2 Å². The van der Waals surface area contributed by atoms with Gasteiger partial charge in [-0.2, -0.15) is 5.10 Å². The van der Waals surface area contributed by atoms with Crippen molar-refractivity contribution < 1.29 is 14.2 Å². The van der Waals surface area contributed by atoms with Crippen LogP contribution in [0.15, 0.2) is 30.7 Å². The van der Waals surface area contributed by atoms with E-state index in [9.17, 15) is 0 Å². The highest BCUT2D eigenvalue weighted by atomic mass is 35.5. The fourth-order valence-corrected chi connectivity index (χ4v) is 4.75. The number of hydrogen-bond donors (Lipinski definition) is 2. The highest BCUT2D eigenvalue weighted by Crippen LogP contribution is 2.46. The fraction of sp³-hybridized carbons (Fsp3) is 0.333. The van der Waals surface area contributed by atoms with Crippen molar-refractivity contribution in [3.63, 3.8) is 0 Å². The SMILES string of the molecule is COc1cc(OC)c(Cl)c(-c2cc3cnc(NC4CCOC4)nc3c(NCc3cnn(C)c3)n2)c1Cl. The highest BCUT2D eigenvalue weighted by Gasteiger charge is 2.22. The quantitative estimate of drug-likeness (QED) is 0.339. The third-order valence-corrected chi connectivity index (χ3v) is 6.63. The van der Waals surface area contributed by atoms with Gasteiger partial charge in [0.05, 0.1) is 48.8 Å². The lowest BCUT2D eigenvalue weighted by molar-refractivity contribution is 0.195. The Morgan fingerprint density at radius 1 is 1.11 bits per heavy atom. The third kappa shape index (κ3) is 4.84. The molecular weight excluding hydrogens is 505 g/mol. The van der Waals surface area contributed by atoms with Gasteiger partial charge in [0.2, 0.25) is 5.95 Å². The number of pyridine rings is 1. The van der Waals surface area contributed by atoms with E-state index in [2.05, 4.69) is 20.7 Å². The number of benzene rings is 1. The minimum absolute atomic E-state index is 0.170. The molecule has 1 atom stereocenters. The second-order valence-corrected chi connectivity index (χ2v) is 9.11. The van der Waals surface area contributed by atoms with Gasteiger partial charge >= 0.3 is 0 Å². The zero-order chi connectivity index (χ0) is 25.2.